The number of hydrogen-bond donors (Lipinski definition) is 2. The molecule has 120 valence electrons. The average molecular weight is 336 g/mol. The molecule has 0 bridgehead atoms. The molecule has 2 atom stereocenters. The van der Waals surface area contributed by atoms with Crippen LogP contribution >= 0.6 is 11.6 Å². The highest BCUT2D eigenvalue weighted by Crippen LogP contribution is 2.26. The summed E-state index contributed by atoms with van der Waals surface area (Å²) in [6, 6.07) is 4.68. The van der Waals surface area contributed by atoms with Gasteiger partial charge >= 0.3 is 5.97 Å². The molecule has 2 aromatic rings. The second-order valence-corrected chi connectivity index (χ2v) is 5.87. The maximum atomic E-state index is 12.5. The van der Waals surface area contributed by atoms with Crippen molar-refractivity contribution in [3.05, 3.63) is 35.1 Å². The zero-order valence-electron chi connectivity index (χ0n) is 12.0. The Balaban J connectivity index is 1.80. The van der Waals surface area contributed by atoms with E-state index in [-0.39, 0.29) is 11.9 Å². The molecule has 0 unspecified atom stereocenters. The first-order chi connectivity index (χ1) is 11.0. The molecule has 0 spiro atoms. The van der Waals surface area contributed by atoms with Gasteiger partial charge in [0.2, 0.25) is 0 Å². The van der Waals surface area contributed by atoms with E-state index in [9.17, 15) is 9.59 Å². The van der Waals surface area contributed by atoms with E-state index in [1.165, 1.54) is 17.1 Å². The lowest BCUT2D eigenvalue weighted by Gasteiger charge is -2.14. The zero-order chi connectivity index (χ0) is 16.4. The first-order valence-electron chi connectivity index (χ1n) is 7.11. The van der Waals surface area contributed by atoms with E-state index in [4.69, 9.17) is 16.7 Å². The largest absolute Gasteiger partial charge is 0.481 e. The van der Waals surface area contributed by atoms with E-state index in [0.717, 1.165) is 0 Å². The van der Waals surface area contributed by atoms with Gasteiger partial charge in [-0.25, -0.2) is 0 Å². The number of nitrogens with zero attached hydrogens (tertiary/aromatic N) is 4. The van der Waals surface area contributed by atoms with Crippen molar-refractivity contribution in [2.75, 3.05) is 0 Å². The molecular formula is C14H14ClN5O3. The quantitative estimate of drug-likeness (QED) is 0.871. The Labute approximate surface area is 136 Å². The van der Waals surface area contributed by atoms with Crippen LogP contribution < -0.4 is 5.32 Å². The molecule has 3 rings (SSSR count). The van der Waals surface area contributed by atoms with Gasteiger partial charge in [-0.05, 0) is 47.9 Å². The highest BCUT2D eigenvalue weighted by atomic mass is 35.5. The fourth-order valence-electron chi connectivity index (χ4n) is 2.76. The molecule has 1 aromatic carbocycles. The van der Waals surface area contributed by atoms with Crippen LogP contribution in [0.4, 0.5) is 0 Å². The van der Waals surface area contributed by atoms with Crippen LogP contribution in [0.1, 0.15) is 29.6 Å². The number of carbonyl (C=O) groups excluding carboxylic acids is 1. The zero-order valence-corrected chi connectivity index (χ0v) is 12.8. The molecule has 1 saturated carbocycles. The number of amides is 1. The van der Waals surface area contributed by atoms with Crippen molar-refractivity contribution in [1.29, 1.82) is 0 Å². The fraction of sp³-hybridized carbons (Fsp3) is 0.357. The first-order valence-corrected chi connectivity index (χ1v) is 7.49. The molecule has 0 saturated heterocycles. The maximum absolute atomic E-state index is 12.5. The summed E-state index contributed by atoms with van der Waals surface area (Å²) < 4.78 is 1.37. The molecule has 2 N–H and O–H groups in total. The molecule has 8 nitrogen and oxygen atoms in total. The summed E-state index contributed by atoms with van der Waals surface area (Å²) in [6.07, 6.45) is 3.02. The Morgan fingerprint density at radius 1 is 1.35 bits per heavy atom. The van der Waals surface area contributed by atoms with Crippen LogP contribution in [0.15, 0.2) is 24.5 Å². The van der Waals surface area contributed by atoms with Gasteiger partial charge in [-0.15, -0.1) is 5.10 Å². The van der Waals surface area contributed by atoms with Crippen molar-refractivity contribution in [1.82, 2.24) is 25.5 Å². The Hall–Kier alpha value is -2.48. The van der Waals surface area contributed by atoms with Gasteiger partial charge in [0.1, 0.15) is 6.33 Å². The van der Waals surface area contributed by atoms with Crippen LogP contribution in [0.2, 0.25) is 5.02 Å². The van der Waals surface area contributed by atoms with Crippen molar-refractivity contribution >= 4 is 23.5 Å². The Morgan fingerprint density at radius 3 is 2.83 bits per heavy atom. The summed E-state index contributed by atoms with van der Waals surface area (Å²) in [4.78, 5) is 23.5. The molecule has 1 aliphatic carbocycles. The van der Waals surface area contributed by atoms with Gasteiger partial charge in [-0.3, -0.25) is 9.59 Å². The third-order valence-corrected chi connectivity index (χ3v) is 4.15. The number of hydrogen-bond acceptors (Lipinski definition) is 5. The van der Waals surface area contributed by atoms with Crippen molar-refractivity contribution in [3.8, 4) is 5.69 Å². The van der Waals surface area contributed by atoms with E-state index < -0.39 is 11.9 Å². The second-order valence-electron chi connectivity index (χ2n) is 5.43. The first kappa shape index (κ1) is 15.4. The van der Waals surface area contributed by atoms with Crippen LogP contribution in [0.25, 0.3) is 5.69 Å². The smallest absolute Gasteiger partial charge is 0.306 e. The van der Waals surface area contributed by atoms with Crippen LogP contribution in [-0.4, -0.2) is 43.2 Å². The van der Waals surface area contributed by atoms with Gasteiger partial charge in [-0.1, -0.05) is 11.6 Å². The van der Waals surface area contributed by atoms with Crippen molar-refractivity contribution in [2.45, 2.75) is 25.3 Å². The highest BCUT2D eigenvalue weighted by Gasteiger charge is 2.31. The highest BCUT2D eigenvalue weighted by molar-refractivity contribution is 6.31. The van der Waals surface area contributed by atoms with Gasteiger partial charge < -0.3 is 10.4 Å². The Morgan fingerprint density at radius 2 is 2.17 bits per heavy atom. The molecule has 23 heavy (non-hydrogen) atoms. The summed E-state index contributed by atoms with van der Waals surface area (Å²) in [5.74, 6) is -1.55. The van der Waals surface area contributed by atoms with Crippen LogP contribution in [0.5, 0.6) is 0 Å². The van der Waals surface area contributed by atoms with E-state index in [2.05, 4.69) is 20.8 Å². The lowest BCUT2D eigenvalue weighted by molar-refractivity contribution is -0.141. The Bertz CT molecular complexity index is 734. The molecule has 1 amide bonds. The van der Waals surface area contributed by atoms with Gasteiger partial charge in [0.15, 0.2) is 0 Å². The van der Waals surface area contributed by atoms with Crippen LogP contribution in [-0.2, 0) is 4.79 Å². The molecule has 1 fully saturated rings. The number of tetrazole rings is 1. The number of benzene rings is 1. The predicted molar refractivity (Wildman–Crippen MR) is 80.4 cm³/mol. The molecule has 1 aromatic heterocycles. The standard InChI is InChI=1S/C14H14ClN5O3/c15-9-2-4-12(20-7-16-18-19-20)11(6-9)13(21)17-10-3-1-8(5-10)14(22)23/h2,4,6-8,10H,1,3,5H2,(H,17,21)(H,22,23)/t8-,10+/m0/s1. The summed E-state index contributed by atoms with van der Waals surface area (Å²) in [6.45, 7) is 0. The van der Waals surface area contributed by atoms with Gasteiger partial charge in [0.25, 0.3) is 5.91 Å². The van der Waals surface area contributed by atoms with Gasteiger partial charge in [-0.2, -0.15) is 4.68 Å². The van der Waals surface area contributed by atoms with E-state index in [1.807, 2.05) is 0 Å². The molecule has 9 heteroatoms. The van der Waals surface area contributed by atoms with E-state index >= 15 is 0 Å². The minimum absolute atomic E-state index is 0.163. The minimum atomic E-state index is -0.820. The van der Waals surface area contributed by atoms with Crippen molar-refractivity contribution in [2.24, 2.45) is 5.92 Å². The van der Waals surface area contributed by atoms with Crippen LogP contribution in [0.3, 0.4) is 0 Å². The topological polar surface area (TPSA) is 110 Å². The lowest BCUT2D eigenvalue weighted by atomic mass is 10.1. The van der Waals surface area contributed by atoms with Gasteiger partial charge in [0, 0.05) is 11.1 Å². The number of nitrogens with one attached hydrogen (secondary N) is 1. The molecule has 0 radical (unpaired) electrons. The minimum Gasteiger partial charge on any atom is -0.481 e. The van der Waals surface area contributed by atoms with E-state index in [0.29, 0.717) is 35.5 Å². The summed E-state index contributed by atoms with van der Waals surface area (Å²) in [5.41, 5.74) is 0.841. The second kappa shape index (κ2) is 6.33. The molecule has 0 aliphatic heterocycles. The monoisotopic (exact) mass is 335 g/mol. The maximum Gasteiger partial charge on any atom is 0.306 e. The number of carboxylic acid groups (broad SMARTS) is 1. The van der Waals surface area contributed by atoms with Crippen molar-refractivity contribution in [3.63, 3.8) is 0 Å². The van der Waals surface area contributed by atoms with E-state index in [1.54, 1.807) is 12.1 Å². The SMILES string of the molecule is O=C(N[C@@H]1CC[C@H](C(=O)O)C1)c1cc(Cl)ccc1-n1cnnn1. The summed E-state index contributed by atoms with van der Waals surface area (Å²) in [5, 5.41) is 23.2. The summed E-state index contributed by atoms with van der Waals surface area (Å²) in [7, 11) is 0. The van der Waals surface area contributed by atoms with Crippen LogP contribution in [0, 0.1) is 5.92 Å². The number of rotatable bonds is 4. The van der Waals surface area contributed by atoms with Crippen molar-refractivity contribution < 1.29 is 14.7 Å². The normalized spacial score (nSPS) is 20.4. The predicted octanol–water partition coefficient (Wildman–Crippen LogP) is 1.30. The Kier molecular flexibility index (Phi) is 4.24. The fourth-order valence-corrected chi connectivity index (χ4v) is 2.93. The molecule has 1 heterocycles. The number of carbonyl (C=O) groups is 2. The lowest BCUT2D eigenvalue weighted by Crippen LogP contribution is -2.34. The third-order valence-electron chi connectivity index (χ3n) is 3.92. The number of carboxylic acids is 1. The number of aromatic nitrogens is 4. The third kappa shape index (κ3) is 3.31. The molecule has 1 aliphatic rings. The number of aliphatic carboxylic acids is 1. The summed E-state index contributed by atoms with van der Waals surface area (Å²) >= 11 is 5.99. The van der Waals surface area contributed by atoms with Gasteiger partial charge in [0.05, 0.1) is 17.2 Å². The molecular weight excluding hydrogens is 322 g/mol. The average Bonchev–Trinajstić information content (AvgIpc) is 3.18. The number of halogens is 1.